The molecule has 0 saturated carbocycles. The maximum atomic E-state index is 4.41. The number of aryl methyl sites for hydroxylation is 2. The second kappa shape index (κ2) is 5.26. The van der Waals surface area contributed by atoms with Gasteiger partial charge in [0.2, 0.25) is 0 Å². The second-order valence-corrected chi connectivity index (χ2v) is 4.46. The Balaban J connectivity index is 2.99. The van der Waals surface area contributed by atoms with E-state index in [1.54, 1.807) is 0 Å². The minimum Gasteiger partial charge on any atom is -0.310 e. The van der Waals surface area contributed by atoms with E-state index < -0.39 is 0 Å². The van der Waals surface area contributed by atoms with E-state index in [1.165, 1.54) is 5.56 Å². The number of aromatic nitrogens is 1. The molecule has 1 N–H and O–H groups in total. The molecule has 0 aliphatic heterocycles. The molecule has 1 unspecified atom stereocenters. The molecule has 0 aromatic carbocycles. The molecule has 0 amide bonds. The fourth-order valence-corrected chi connectivity index (χ4v) is 2.00. The Morgan fingerprint density at radius 1 is 1.20 bits per heavy atom. The van der Waals surface area contributed by atoms with Gasteiger partial charge in [-0.1, -0.05) is 20.8 Å². The van der Waals surface area contributed by atoms with E-state index in [4.69, 9.17) is 0 Å². The molecule has 1 atom stereocenters. The molecule has 0 aliphatic carbocycles. The molecule has 84 valence electrons. The van der Waals surface area contributed by atoms with Gasteiger partial charge < -0.3 is 5.32 Å². The first kappa shape index (κ1) is 12.2. The number of rotatable bonds is 4. The quantitative estimate of drug-likeness (QED) is 0.819. The lowest BCUT2D eigenvalue weighted by Gasteiger charge is -2.22. The molecular weight excluding hydrogens is 184 g/mol. The molecule has 0 bridgehead atoms. The summed E-state index contributed by atoms with van der Waals surface area (Å²) in [6, 6.07) is 4.80. The third-order valence-corrected chi connectivity index (χ3v) is 2.55. The Labute approximate surface area is 93.1 Å². The van der Waals surface area contributed by atoms with Crippen molar-refractivity contribution in [1.29, 1.82) is 0 Å². The molecule has 1 aromatic rings. The molecule has 0 spiro atoms. The number of hydrogen-bond donors (Lipinski definition) is 1. The molecule has 1 aromatic heterocycles. The molecule has 0 radical (unpaired) electrons. The Morgan fingerprint density at radius 3 is 2.13 bits per heavy atom. The average molecular weight is 206 g/mol. The smallest absolute Gasteiger partial charge is 0.0379 e. The molecule has 0 saturated heterocycles. The molecule has 2 heteroatoms. The summed E-state index contributed by atoms with van der Waals surface area (Å²) in [7, 11) is 0. The highest BCUT2D eigenvalue weighted by Gasteiger charge is 2.14. The zero-order valence-electron chi connectivity index (χ0n) is 10.5. The highest BCUT2D eigenvalue weighted by atomic mass is 14.9. The first-order valence-corrected chi connectivity index (χ1v) is 5.73. The van der Waals surface area contributed by atoms with Gasteiger partial charge in [0.15, 0.2) is 0 Å². The van der Waals surface area contributed by atoms with Crippen molar-refractivity contribution in [2.24, 2.45) is 5.92 Å². The van der Waals surface area contributed by atoms with Gasteiger partial charge in [0.1, 0.15) is 0 Å². The summed E-state index contributed by atoms with van der Waals surface area (Å²) in [5.41, 5.74) is 3.57. The highest BCUT2D eigenvalue weighted by molar-refractivity contribution is 5.24. The van der Waals surface area contributed by atoms with Crippen LogP contribution in [0.5, 0.6) is 0 Å². The Morgan fingerprint density at radius 2 is 1.73 bits per heavy atom. The number of nitrogens with zero attached hydrogens (tertiary/aromatic N) is 1. The standard InChI is InChI=1S/C13H22N2/c1-6-14-13(9(2)3)12-7-10(4)15-11(5)8-12/h7-9,13-14H,6H2,1-5H3. The first-order valence-electron chi connectivity index (χ1n) is 5.73. The predicted octanol–water partition coefficient (Wildman–Crippen LogP) is 3.01. The van der Waals surface area contributed by atoms with Gasteiger partial charge in [0.05, 0.1) is 0 Å². The fourth-order valence-electron chi connectivity index (χ4n) is 2.00. The van der Waals surface area contributed by atoms with Crippen molar-refractivity contribution in [2.45, 2.75) is 40.7 Å². The van der Waals surface area contributed by atoms with Crippen LogP contribution >= 0.6 is 0 Å². The van der Waals surface area contributed by atoms with Crippen LogP contribution in [0.1, 0.15) is 43.8 Å². The summed E-state index contributed by atoms with van der Waals surface area (Å²) >= 11 is 0. The van der Waals surface area contributed by atoms with Crippen LogP contribution in [0, 0.1) is 19.8 Å². The van der Waals surface area contributed by atoms with E-state index in [1.807, 2.05) is 0 Å². The van der Waals surface area contributed by atoms with Crippen LogP contribution in [0.4, 0.5) is 0 Å². The molecule has 0 aliphatic rings. The monoisotopic (exact) mass is 206 g/mol. The number of nitrogens with one attached hydrogen (secondary N) is 1. The molecule has 1 heterocycles. The van der Waals surface area contributed by atoms with Crippen LogP contribution in [0.15, 0.2) is 12.1 Å². The van der Waals surface area contributed by atoms with Crippen molar-refractivity contribution in [2.75, 3.05) is 6.54 Å². The van der Waals surface area contributed by atoms with Crippen molar-refractivity contribution >= 4 is 0 Å². The molecule has 0 fully saturated rings. The summed E-state index contributed by atoms with van der Waals surface area (Å²) in [6.07, 6.45) is 0. The van der Waals surface area contributed by atoms with Gasteiger partial charge in [0.25, 0.3) is 0 Å². The molecule has 15 heavy (non-hydrogen) atoms. The molecule has 1 rings (SSSR count). The minimum absolute atomic E-state index is 0.440. The Bertz CT molecular complexity index is 298. The lowest BCUT2D eigenvalue weighted by Crippen LogP contribution is -2.25. The normalized spacial score (nSPS) is 13.2. The van der Waals surface area contributed by atoms with E-state index in [0.717, 1.165) is 17.9 Å². The van der Waals surface area contributed by atoms with Gasteiger partial charge in [0, 0.05) is 17.4 Å². The van der Waals surface area contributed by atoms with Crippen LogP contribution < -0.4 is 5.32 Å². The van der Waals surface area contributed by atoms with Gasteiger partial charge >= 0.3 is 0 Å². The second-order valence-electron chi connectivity index (χ2n) is 4.46. The maximum Gasteiger partial charge on any atom is 0.0379 e. The Kier molecular flexibility index (Phi) is 4.28. The van der Waals surface area contributed by atoms with E-state index in [0.29, 0.717) is 12.0 Å². The van der Waals surface area contributed by atoms with Crippen molar-refractivity contribution in [3.8, 4) is 0 Å². The third-order valence-electron chi connectivity index (χ3n) is 2.55. The van der Waals surface area contributed by atoms with Gasteiger partial charge in [-0.15, -0.1) is 0 Å². The van der Waals surface area contributed by atoms with E-state index in [-0.39, 0.29) is 0 Å². The summed E-state index contributed by atoms with van der Waals surface area (Å²) < 4.78 is 0. The summed E-state index contributed by atoms with van der Waals surface area (Å²) in [5, 5.41) is 3.52. The third kappa shape index (κ3) is 3.31. The van der Waals surface area contributed by atoms with Crippen LogP contribution in [0.25, 0.3) is 0 Å². The molecule has 2 nitrogen and oxygen atoms in total. The lowest BCUT2D eigenvalue weighted by molar-refractivity contribution is 0.421. The van der Waals surface area contributed by atoms with Gasteiger partial charge in [-0.05, 0) is 44.0 Å². The van der Waals surface area contributed by atoms with Crippen molar-refractivity contribution in [3.05, 3.63) is 29.1 Å². The highest BCUT2D eigenvalue weighted by Crippen LogP contribution is 2.22. The summed E-state index contributed by atoms with van der Waals surface area (Å²) in [4.78, 5) is 4.41. The zero-order valence-corrected chi connectivity index (χ0v) is 10.5. The van der Waals surface area contributed by atoms with Gasteiger partial charge in [-0.3, -0.25) is 4.98 Å². The van der Waals surface area contributed by atoms with Gasteiger partial charge in [-0.25, -0.2) is 0 Å². The zero-order chi connectivity index (χ0) is 11.4. The van der Waals surface area contributed by atoms with Crippen LogP contribution in [0.2, 0.25) is 0 Å². The minimum atomic E-state index is 0.440. The largest absolute Gasteiger partial charge is 0.310 e. The van der Waals surface area contributed by atoms with Crippen LogP contribution in [-0.4, -0.2) is 11.5 Å². The average Bonchev–Trinajstić information content (AvgIpc) is 2.11. The van der Waals surface area contributed by atoms with Crippen molar-refractivity contribution < 1.29 is 0 Å². The van der Waals surface area contributed by atoms with E-state index >= 15 is 0 Å². The number of pyridine rings is 1. The summed E-state index contributed by atoms with van der Waals surface area (Å²) in [5.74, 6) is 0.603. The van der Waals surface area contributed by atoms with Crippen molar-refractivity contribution in [3.63, 3.8) is 0 Å². The van der Waals surface area contributed by atoms with Crippen molar-refractivity contribution in [1.82, 2.24) is 10.3 Å². The SMILES string of the molecule is CCNC(c1cc(C)nc(C)c1)C(C)C. The number of hydrogen-bond acceptors (Lipinski definition) is 2. The molecular formula is C13H22N2. The first-order chi connectivity index (χ1) is 7.04. The summed E-state index contributed by atoms with van der Waals surface area (Å²) in [6.45, 7) is 11.8. The van der Waals surface area contributed by atoms with E-state index in [9.17, 15) is 0 Å². The Hall–Kier alpha value is -0.890. The predicted molar refractivity (Wildman–Crippen MR) is 65.0 cm³/mol. The maximum absolute atomic E-state index is 4.41. The fraction of sp³-hybridized carbons (Fsp3) is 0.615. The van der Waals surface area contributed by atoms with Crippen LogP contribution in [0.3, 0.4) is 0 Å². The topological polar surface area (TPSA) is 24.9 Å². The lowest BCUT2D eigenvalue weighted by atomic mass is 9.95. The van der Waals surface area contributed by atoms with Gasteiger partial charge in [-0.2, -0.15) is 0 Å². The van der Waals surface area contributed by atoms with Crippen LogP contribution in [-0.2, 0) is 0 Å². The van der Waals surface area contributed by atoms with E-state index in [2.05, 4.69) is 57.1 Å².